The molecule has 5 nitrogen and oxygen atoms in total. The van der Waals surface area contributed by atoms with Crippen LogP contribution >= 0.6 is 15.9 Å². The van der Waals surface area contributed by atoms with Crippen LogP contribution in [0.3, 0.4) is 0 Å². The monoisotopic (exact) mass is 334 g/mol. The minimum absolute atomic E-state index is 0.0769. The van der Waals surface area contributed by atoms with E-state index in [4.69, 9.17) is 0 Å². The number of carbonyl (C=O) groups is 1. The maximum Gasteiger partial charge on any atom is 0.251 e. The molecule has 0 radical (unpaired) electrons. The number of benzene rings is 1. The van der Waals surface area contributed by atoms with Crippen molar-refractivity contribution >= 4 is 31.9 Å². The average Bonchev–Trinajstić information content (AvgIpc) is 2.32. The molecular formula is C11H15BrN2O3S. The topological polar surface area (TPSA) is 75.3 Å². The predicted octanol–water partition coefficient (Wildman–Crippen LogP) is 1.04. The van der Waals surface area contributed by atoms with Gasteiger partial charge in [0, 0.05) is 16.6 Å². The third-order valence-corrected chi connectivity index (χ3v) is 4.62. The van der Waals surface area contributed by atoms with Gasteiger partial charge in [-0.3, -0.25) is 4.79 Å². The molecule has 2 N–H and O–H groups in total. The lowest BCUT2D eigenvalue weighted by molar-refractivity contribution is 0.0956. The molecule has 0 heterocycles. The van der Waals surface area contributed by atoms with E-state index in [1.807, 2.05) is 13.0 Å². The third kappa shape index (κ3) is 4.40. The molecule has 0 bridgehead atoms. The first-order valence-corrected chi connectivity index (χ1v) is 7.76. The third-order valence-electron chi connectivity index (χ3n) is 2.40. The number of halogens is 1. The van der Waals surface area contributed by atoms with Gasteiger partial charge in [-0.1, -0.05) is 22.0 Å². The van der Waals surface area contributed by atoms with Gasteiger partial charge in [0.25, 0.3) is 5.91 Å². The maximum atomic E-state index is 11.7. The van der Waals surface area contributed by atoms with Crippen LogP contribution in [0.2, 0.25) is 0 Å². The summed E-state index contributed by atoms with van der Waals surface area (Å²) in [5, 5.41) is 2.56. The van der Waals surface area contributed by atoms with Crippen molar-refractivity contribution in [1.82, 2.24) is 10.0 Å². The second-order valence-corrected chi connectivity index (χ2v) is 6.64. The molecular weight excluding hydrogens is 320 g/mol. The molecule has 1 amide bonds. The summed E-state index contributed by atoms with van der Waals surface area (Å²) in [6, 6.07) is 5.22. The molecule has 0 aliphatic carbocycles. The van der Waals surface area contributed by atoms with E-state index >= 15 is 0 Å². The average molecular weight is 335 g/mol. The van der Waals surface area contributed by atoms with E-state index < -0.39 is 10.0 Å². The fourth-order valence-corrected chi connectivity index (χ4v) is 2.19. The summed E-state index contributed by atoms with van der Waals surface area (Å²) in [5.74, 6) is -0.426. The van der Waals surface area contributed by atoms with Crippen molar-refractivity contribution in [2.75, 3.05) is 19.3 Å². The number of hydrogen-bond acceptors (Lipinski definition) is 3. The van der Waals surface area contributed by atoms with Crippen molar-refractivity contribution in [3.05, 3.63) is 33.8 Å². The Labute approximate surface area is 115 Å². The Kier molecular flexibility index (Phi) is 5.30. The highest BCUT2D eigenvalue weighted by atomic mass is 79.9. The van der Waals surface area contributed by atoms with Gasteiger partial charge >= 0.3 is 0 Å². The van der Waals surface area contributed by atoms with Gasteiger partial charge in [0.1, 0.15) is 0 Å². The Hall–Kier alpha value is -0.920. The number of nitrogens with one attached hydrogen (secondary N) is 2. The van der Waals surface area contributed by atoms with E-state index in [0.717, 1.165) is 10.0 Å². The Morgan fingerprint density at radius 1 is 1.39 bits per heavy atom. The molecule has 1 rings (SSSR count). The van der Waals surface area contributed by atoms with Gasteiger partial charge in [0.2, 0.25) is 10.0 Å². The highest BCUT2D eigenvalue weighted by Crippen LogP contribution is 2.17. The van der Waals surface area contributed by atoms with Crippen molar-refractivity contribution in [1.29, 1.82) is 0 Å². The summed E-state index contributed by atoms with van der Waals surface area (Å²) < 4.78 is 25.3. The highest BCUT2D eigenvalue weighted by Gasteiger charge is 2.10. The first-order valence-electron chi connectivity index (χ1n) is 5.31. The van der Waals surface area contributed by atoms with Gasteiger partial charge in [-0.2, -0.15) is 0 Å². The minimum atomic E-state index is -3.29. The normalized spacial score (nSPS) is 11.3. The van der Waals surface area contributed by atoms with Crippen molar-refractivity contribution in [3.8, 4) is 0 Å². The van der Waals surface area contributed by atoms with Crippen LogP contribution in [-0.2, 0) is 10.0 Å². The summed E-state index contributed by atoms with van der Waals surface area (Å²) in [4.78, 5) is 11.7. The molecule has 0 fully saturated rings. The number of hydrogen-bond donors (Lipinski definition) is 2. The standard InChI is InChI=1S/C11H15BrN2O3S/c1-8-3-4-9(7-10(8)12)11(15)14-5-6-18(16,17)13-2/h3-4,7,13H,5-6H2,1-2H3,(H,14,15). The number of carbonyl (C=O) groups excluding carboxylic acids is 1. The SMILES string of the molecule is CNS(=O)(=O)CCNC(=O)c1ccc(C)c(Br)c1. The van der Waals surface area contributed by atoms with Crippen LogP contribution in [0.4, 0.5) is 0 Å². The molecule has 18 heavy (non-hydrogen) atoms. The van der Waals surface area contributed by atoms with Crippen molar-refractivity contribution in [2.24, 2.45) is 0 Å². The number of aryl methyl sites for hydroxylation is 1. The van der Waals surface area contributed by atoms with Crippen LogP contribution < -0.4 is 10.0 Å². The van der Waals surface area contributed by atoms with Crippen LogP contribution in [-0.4, -0.2) is 33.7 Å². The Morgan fingerprint density at radius 2 is 2.06 bits per heavy atom. The zero-order valence-corrected chi connectivity index (χ0v) is 12.6. The maximum absolute atomic E-state index is 11.7. The summed E-state index contributed by atoms with van der Waals surface area (Å²) in [7, 11) is -1.94. The molecule has 1 aromatic carbocycles. The van der Waals surface area contributed by atoms with Gasteiger partial charge in [-0.25, -0.2) is 13.1 Å². The minimum Gasteiger partial charge on any atom is -0.351 e. The highest BCUT2D eigenvalue weighted by molar-refractivity contribution is 9.10. The number of sulfonamides is 1. The van der Waals surface area contributed by atoms with E-state index in [-0.39, 0.29) is 18.2 Å². The second-order valence-electron chi connectivity index (χ2n) is 3.74. The molecule has 0 saturated heterocycles. The van der Waals surface area contributed by atoms with Crippen molar-refractivity contribution in [2.45, 2.75) is 6.92 Å². The zero-order valence-electron chi connectivity index (χ0n) is 10.2. The van der Waals surface area contributed by atoms with E-state index in [0.29, 0.717) is 5.56 Å². The molecule has 0 spiro atoms. The second kappa shape index (κ2) is 6.31. The Balaban J connectivity index is 2.58. The van der Waals surface area contributed by atoms with E-state index in [1.165, 1.54) is 7.05 Å². The number of rotatable bonds is 5. The first kappa shape index (κ1) is 15.1. The molecule has 0 atom stereocenters. The lowest BCUT2D eigenvalue weighted by atomic mass is 10.1. The van der Waals surface area contributed by atoms with Crippen LogP contribution in [0.25, 0.3) is 0 Å². The van der Waals surface area contributed by atoms with Gasteiger partial charge in [0.05, 0.1) is 5.75 Å². The van der Waals surface area contributed by atoms with Crippen LogP contribution in [0.1, 0.15) is 15.9 Å². The summed E-state index contributed by atoms with van der Waals surface area (Å²) >= 11 is 3.34. The van der Waals surface area contributed by atoms with Crippen molar-refractivity contribution < 1.29 is 13.2 Å². The molecule has 1 aromatic rings. The largest absolute Gasteiger partial charge is 0.351 e. The lowest BCUT2D eigenvalue weighted by Gasteiger charge is -2.07. The molecule has 100 valence electrons. The van der Waals surface area contributed by atoms with Crippen LogP contribution in [0.5, 0.6) is 0 Å². The Morgan fingerprint density at radius 3 is 2.61 bits per heavy atom. The summed E-state index contributed by atoms with van der Waals surface area (Å²) in [6.45, 7) is 2.00. The van der Waals surface area contributed by atoms with E-state index in [9.17, 15) is 13.2 Å². The predicted molar refractivity (Wildman–Crippen MR) is 74.1 cm³/mol. The van der Waals surface area contributed by atoms with Crippen LogP contribution in [0.15, 0.2) is 22.7 Å². The quantitative estimate of drug-likeness (QED) is 0.844. The van der Waals surface area contributed by atoms with E-state index in [1.54, 1.807) is 12.1 Å². The molecule has 7 heteroatoms. The van der Waals surface area contributed by atoms with E-state index in [2.05, 4.69) is 26.0 Å². The molecule has 0 aromatic heterocycles. The fraction of sp³-hybridized carbons (Fsp3) is 0.364. The molecule has 0 saturated carbocycles. The Bertz CT molecular complexity index is 543. The molecule has 0 aliphatic rings. The van der Waals surface area contributed by atoms with Gasteiger partial charge < -0.3 is 5.32 Å². The molecule has 0 unspecified atom stereocenters. The lowest BCUT2D eigenvalue weighted by Crippen LogP contribution is -2.32. The fourth-order valence-electron chi connectivity index (χ4n) is 1.24. The molecule has 0 aliphatic heterocycles. The number of amides is 1. The first-order chi connectivity index (χ1) is 8.35. The van der Waals surface area contributed by atoms with Crippen molar-refractivity contribution in [3.63, 3.8) is 0 Å². The zero-order chi connectivity index (χ0) is 13.8. The summed E-state index contributed by atoms with van der Waals surface area (Å²) in [5.41, 5.74) is 1.53. The van der Waals surface area contributed by atoms with Crippen LogP contribution in [0, 0.1) is 6.92 Å². The van der Waals surface area contributed by atoms with Gasteiger partial charge in [-0.15, -0.1) is 0 Å². The van der Waals surface area contributed by atoms with Gasteiger partial charge in [-0.05, 0) is 31.7 Å². The van der Waals surface area contributed by atoms with Gasteiger partial charge in [0.15, 0.2) is 0 Å². The summed E-state index contributed by atoms with van der Waals surface area (Å²) in [6.07, 6.45) is 0. The smallest absolute Gasteiger partial charge is 0.251 e.